The van der Waals surface area contributed by atoms with Gasteiger partial charge >= 0.3 is 0 Å². The summed E-state index contributed by atoms with van der Waals surface area (Å²) >= 11 is 0. The number of hydrogen-bond donors (Lipinski definition) is 3. The minimum absolute atomic E-state index is 0.114. The van der Waals surface area contributed by atoms with Crippen LogP contribution in [0.2, 0.25) is 0 Å². The maximum Gasteiger partial charge on any atom is 0.147 e. The van der Waals surface area contributed by atoms with Crippen molar-refractivity contribution in [3.63, 3.8) is 0 Å². The van der Waals surface area contributed by atoms with Crippen LogP contribution in [0.3, 0.4) is 0 Å². The lowest BCUT2D eigenvalue weighted by Gasteiger charge is -2.22. The molecule has 2 aromatic heterocycles. The van der Waals surface area contributed by atoms with E-state index in [1.807, 2.05) is 62.4 Å². The zero-order valence-corrected chi connectivity index (χ0v) is 15.7. The zero-order valence-electron chi connectivity index (χ0n) is 15.7. The van der Waals surface area contributed by atoms with Crippen LogP contribution in [-0.2, 0) is 0 Å². The van der Waals surface area contributed by atoms with Gasteiger partial charge in [-0.3, -0.25) is 4.98 Å². The number of aryl methyl sites for hydroxylation is 2. The predicted molar refractivity (Wildman–Crippen MR) is 111 cm³/mol. The molecule has 1 atom stereocenters. The van der Waals surface area contributed by atoms with Crippen molar-refractivity contribution in [2.75, 3.05) is 5.32 Å². The lowest BCUT2D eigenvalue weighted by Crippen LogP contribution is -2.14. The second-order valence-electron chi connectivity index (χ2n) is 6.92. The van der Waals surface area contributed by atoms with Crippen molar-refractivity contribution in [1.82, 2.24) is 9.97 Å². The van der Waals surface area contributed by atoms with Crippen LogP contribution >= 0.6 is 0 Å². The maximum atomic E-state index is 11.0. The third-order valence-electron chi connectivity index (χ3n) is 4.86. The summed E-state index contributed by atoms with van der Waals surface area (Å²) in [7, 11) is 0. The van der Waals surface area contributed by atoms with Crippen molar-refractivity contribution in [3.05, 3.63) is 89.2 Å². The molecule has 28 heavy (non-hydrogen) atoms. The number of phenols is 2. The van der Waals surface area contributed by atoms with Crippen LogP contribution < -0.4 is 5.32 Å². The molecule has 0 amide bonds. The van der Waals surface area contributed by atoms with Crippen molar-refractivity contribution in [3.8, 4) is 11.5 Å². The number of aromatic hydroxyl groups is 2. The number of pyridine rings is 2. The molecule has 1 unspecified atom stereocenters. The summed E-state index contributed by atoms with van der Waals surface area (Å²) in [5.41, 5.74) is 3.89. The first-order valence-electron chi connectivity index (χ1n) is 9.08. The molecule has 4 rings (SSSR count). The van der Waals surface area contributed by atoms with Crippen molar-refractivity contribution in [2.45, 2.75) is 19.9 Å². The van der Waals surface area contributed by atoms with E-state index in [2.05, 4.69) is 15.3 Å². The van der Waals surface area contributed by atoms with E-state index in [9.17, 15) is 10.2 Å². The number of nitrogens with zero attached hydrogens (tertiary/aromatic N) is 2. The summed E-state index contributed by atoms with van der Waals surface area (Å²) in [4.78, 5) is 8.72. The number of anilines is 1. The molecule has 2 aromatic carbocycles. The molecule has 0 aliphatic carbocycles. The predicted octanol–water partition coefficient (Wildman–Crippen LogP) is 4.86. The van der Waals surface area contributed by atoms with Crippen molar-refractivity contribution in [2.24, 2.45) is 0 Å². The van der Waals surface area contributed by atoms with Crippen LogP contribution in [0.1, 0.15) is 28.3 Å². The van der Waals surface area contributed by atoms with Gasteiger partial charge in [-0.25, -0.2) is 4.98 Å². The standard InChI is InChI=1S/C23H21N3O2/c1-14-9-11-24-20(12-14)26-21(17-6-5-15(2)19(27)13-17)18-8-7-16-4-3-10-25-22(16)23(18)28/h3-13,21,27-28H,1-2H3,(H,24,26). The Labute approximate surface area is 163 Å². The van der Waals surface area contributed by atoms with E-state index >= 15 is 0 Å². The van der Waals surface area contributed by atoms with E-state index in [4.69, 9.17) is 0 Å². The smallest absolute Gasteiger partial charge is 0.147 e. The number of nitrogens with one attached hydrogen (secondary N) is 1. The van der Waals surface area contributed by atoms with Gasteiger partial charge in [0.15, 0.2) is 0 Å². The van der Waals surface area contributed by atoms with Gasteiger partial charge in [0, 0.05) is 23.3 Å². The van der Waals surface area contributed by atoms with Crippen LogP contribution in [-0.4, -0.2) is 20.2 Å². The number of benzene rings is 2. The molecule has 0 bridgehead atoms. The van der Waals surface area contributed by atoms with Gasteiger partial charge in [0.1, 0.15) is 22.8 Å². The van der Waals surface area contributed by atoms with E-state index < -0.39 is 6.04 Å². The van der Waals surface area contributed by atoms with Crippen LogP contribution in [0, 0.1) is 13.8 Å². The molecule has 0 fully saturated rings. The molecule has 3 N–H and O–H groups in total. The first-order valence-corrected chi connectivity index (χ1v) is 9.08. The monoisotopic (exact) mass is 371 g/mol. The minimum Gasteiger partial charge on any atom is -0.508 e. The quantitative estimate of drug-likeness (QED) is 0.477. The fraction of sp³-hybridized carbons (Fsp3) is 0.130. The van der Waals surface area contributed by atoms with Crippen molar-refractivity contribution in [1.29, 1.82) is 0 Å². The van der Waals surface area contributed by atoms with Crippen LogP contribution in [0.4, 0.5) is 5.82 Å². The molecular weight excluding hydrogens is 350 g/mol. The lowest BCUT2D eigenvalue weighted by molar-refractivity contribution is 0.467. The topological polar surface area (TPSA) is 78.3 Å². The number of hydrogen-bond acceptors (Lipinski definition) is 5. The molecule has 4 aromatic rings. The SMILES string of the molecule is Cc1ccnc(NC(c2ccc(C)c(O)c2)c2ccc3cccnc3c2O)c1. The first kappa shape index (κ1) is 17.8. The van der Waals surface area contributed by atoms with E-state index in [-0.39, 0.29) is 11.5 Å². The second kappa shape index (κ2) is 7.19. The fourth-order valence-electron chi connectivity index (χ4n) is 3.29. The molecule has 0 saturated heterocycles. The summed E-state index contributed by atoms with van der Waals surface area (Å²) < 4.78 is 0. The van der Waals surface area contributed by atoms with Crippen LogP contribution in [0.5, 0.6) is 11.5 Å². The van der Waals surface area contributed by atoms with Gasteiger partial charge in [-0.1, -0.05) is 30.3 Å². The highest BCUT2D eigenvalue weighted by atomic mass is 16.3. The van der Waals surface area contributed by atoms with Gasteiger partial charge in [-0.15, -0.1) is 0 Å². The number of rotatable bonds is 4. The van der Waals surface area contributed by atoms with Crippen LogP contribution in [0.25, 0.3) is 10.9 Å². The average molecular weight is 371 g/mol. The first-order chi connectivity index (χ1) is 13.5. The van der Waals surface area contributed by atoms with Gasteiger partial charge in [-0.2, -0.15) is 0 Å². The Balaban J connectivity index is 1.87. The highest BCUT2D eigenvalue weighted by Crippen LogP contribution is 2.37. The van der Waals surface area contributed by atoms with Gasteiger partial charge in [-0.05, 0) is 54.8 Å². The van der Waals surface area contributed by atoms with Gasteiger partial charge in [0.05, 0.1) is 6.04 Å². The normalized spacial score (nSPS) is 12.1. The van der Waals surface area contributed by atoms with Gasteiger partial charge in [0.25, 0.3) is 0 Å². The molecule has 140 valence electrons. The number of aromatic nitrogens is 2. The third kappa shape index (κ3) is 3.34. The Bertz CT molecular complexity index is 1160. The van der Waals surface area contributed by atoms with E-state index in [0.29, 0.717) is 16.9 Å². The summed E-state index contributed by atoms with van der Waals surface area (Å²) in [5.74, 6) is 1.01. The van der Waals surface area contributed by atoms with Crippen LogP contribution in [0.15, 0.2) is 67.0 Å². The van der Waals surface area contributed by atoms with Gasteiger partial charge < -0.3 is 15.5 Å². The van der Waals surface area contributed by atoms with E-state index in [0.717, 1.165) is 22.1 Å². The summed E-state index contributed by atoms with van der Waals surface area (Å²) in [6, 6.07) is 16.5. The molecule has 2 heterocycles. The Morgan fingerprint density at radius 1 is 0.893 bits per heavy atom. The Kier molecular flexibility index (Phi) is 4.57. The Morgan fingerprint density at radius 3 is 2.54 bits per heavy atom. The van der Waals surface area contributed by atoms with E-state index in [1.165, 1.54) is 0 Å². The maximum absolute atomic E-state index is 11.0. The average Bonchev–Trinajstić information content (AvgIpc) is 2.69. The highest BCUT2D eigenvalue weighted by molar-refractivity contribution is 5.86. The molecule has 5 nitrogen and oxygen atoms in total. The molecule has 0 aliphatic heterocycles. The van der Waals surface area contributed by atoms with Gasteiger partial charge in [0.2, 0.25) is 0 Å². The fourth-order valence-corrected chi connectivity index (χ4v) is 3.29. The van der Waals surface area contributed by atoms with Crippen molar-refractivity contribution >= 4 is 16.7 Å². The number of phenolic OH excluding ortho intramolecular Hbond substituents is 2. The Hall–Kier alpha value is -3.60. The molecule has 5 heteroatoms. The summed E-state index contributed by atoms with van der Waals surface area (Å²) in [6.45, 7) is 3.85. The molecule has 0 radical (unpaired) electrons. The largest absolute Gasteiger partial charge is 0.508 e. The lowest BCUT2D eigenvalue weighted by atomic mass is 9.95. The highest BCUT2D eigenvalue weighted by Gasteiger charge is 2.21. The van der Waals surface area contributed by atoms with Crippen molar-refractivity contribution < 1.29 is 10.2 Å². The zero-order chi connectivity index (χ0) is 19.7. The summed E-state index contributed by atoms with van der Waals surface area (Å²) in [5, 5.41) is 25.4. The molecular formula is C23H21N3O2. The molecule has 0 spiro atoms. The minimum atomic E-state index is -0.410. The second-order valence-corrected chi connectivity index (χ2v) is 6.92. The number of fused-ring (bicyclic) bond motifs is 1. The molecule has 0 aliphatic rings. The molecule has 0 saturated carbocycles. The summed E-state index contributed by atoms with van der Waals surface area (Å²) in [6.07, 6.45) is 3.40. The third-order valence-corrected chi connectivity index (χ3v) is 4.86. The van der Waals surface area contributed by atoms with E-state index in [1.54, 1.807) is 18.5 Å². The Morgan fingerprint density at radius 2 is 1.75 bits per heavy atom.